The maximum Gasteiger partial charge on any atom is 0.191 e. The van der Waals surface area contributed by atoms with Crippen LogP contribution in [0.1, 0.15) is 18.9 Å². The van der Waals surface area contributed by atoms with E-state index in [9.17, 15) is 0 Å². The van der Waals surface area contributed by atoms with Gasteiger partial charge >= 0.3 is 0 Å². The van der Waals surface area contributed by atoms with E-state index in [0.29, 0.717) is 16.8 Å². The fraction of sp³-hybridized carbons (Fsp3) is 0.308. The van der Waals surface area contributed by atoms with Crippen LogP contribution in [0.3, 0.4) is 0 Å². The molecular weight excluding hydrogens is 272 g/mol. The molecule has 0 aromatic carbocycles. The molecule has 7 heteroatoms. The number of nitrogens with two attached hydrogens (primary N) is 2. The number of nitrogen functional groups attached to an aromatic ring is 2. The third kappa shape index (κ3) is 4.27. The lowest BCUT2D eigenvalue weighted by Crippen LogP contribution is -2.02. The Morgan fingerprint density at radius 1 is 1.20 bits per heavy atom. The van der Waals surface area contributed by atoms with E-state index >= 15 is 0 Å². The Balaban J connectivity index is 1.99. The van der Waals surface area contributed by atoms with Gasteiger partial charge in [-0.25, -0.2) is 15.0 Å². The molecule has 0 saturated heterocycles. The van der Waals surface area contributed by atoms with Gasteiger partial charge in [0.1, 0.15) is 17.5 Å². The molecule has 2 aromatic heterocycles. The van der Waals surface area contributed by atoms with E-state index in [1.165, 1.54) is 11.8 Å². The number of rotatable bonds is 6. The Morgan fingerprint density at radius 2 is 1.95 bits per heavy atom. The highest BCUT2D eigenvalue weighted by Gasteiger charge is 2.03. The van der Waals surface area contributed by atoms with Crippen LogP contribution < -0.4 is 16.8 Å². The normalized spacial score (nSPS) is 10.4. The van der Waals surface area contributed by atoms with Gasteiger partial charge in [0.25, 0.3) is 0 Å². The molecule has 0 saturated carbocycles. The molecule has 0 aliphatic rings. The van der Waals surface area contributed by atoms with Gasteiger partial charge < -0.3 is 16.8 Å². The molecule has 0 unspecified atom stereocenters. The number of thioether (sulfide) groups is 1. The number of aromatic nitrogens is 3. The van der Waals surface area contributed by atoms with Crippen molar-refractivity contribution in [2.24, 2.45) is 0 Å². The van der Waals surface area contributed by atoms with E-state index in [0.717, 1.165) is 30.1 Å². The van der Waals surface area contributed by atoms with Crippen LogP contribution in [0, 0.1) is 0 Å². The molecule has 0 bridgehead atoms. The number of anilines is 3. The summed E-state index contributed by atoms with van der Waals surface area (Å²) in [6, 6.07) is 5.54. The Hall–Kier alpha value is -2.02. The number of nitrogens with zero attached hydrogens (tertiary/aromatic N) is 3. The van der Waals surface area contributed by atoms with Crippen molar-refractivity contribution in [3.05, 3.63) is 30.0 Å². The van der Waals surface area contributed by atoms with E-state index < -0.39 is 0 Å². The van der Waals surface area contributed by atoms with Gasteiger partial charge in [0, 0.05) is 24.6 Å². The van der Waals surface area contributed by atoms with Crippen molar-refractivity contribution in [3.63, 3.8) is 0 Å². The molecule has 2 rings (SSSR count). The predicted molar refractivity (Wildman–Crippen MR) is 83.4 cm³/mol. The van der Waals surface area contributed by atoms with Crippen LogP contribution in [0.5, 0.6) is 0 Å². The van der Waals surface area contributed by atoms with Crippen molar-refractivity contribution in [2.75, 3.05) is 23.3 Å². The second kappa shape index (κ2) is 6.95. The molecule has 0 fully saturated rings. The second-order valence-corrected chi connectivity index (χ2v) is 5.21. The summed E-state index contributed by atoms with van der Waals surface area (Å²) >= 11 is 1.50. The van der Waals surface area contributed by atoms with Crippen molar-refractivity contribution in [1.29, 1.82) is 0 Å². The van der Waals surface area contributed by atoms with Gasteiger partial charge in [0.05, 0.1) is 0 Å². The highest BCUT2D eigenvalue weighted by atomic mass is 32.2. The summed E-state index contributed by atoms with van der Waals surface area (Å²) < 4.78 is 0. The Kier molecular flexibility index (Phi) is 5.00. The molecule has 5 N–H and O–H groups in total. The molecule has 0 aliphatic carbocycles. The zero-order chi connectivity index (χ0) is 14.4. The second-order valence-electron chi connectivity index (χ2n) is 4.27. The van der Waals surface area contributed by atoms with Crippen molar-refractivity contribution in [1.82, 2.24) is 15.0 Å². The Bertz CT molecular complexity index is 554. The van der Waals surface area contributed by atoms with Crippen LogP contribution in [0.15, 0.2) is 29.6 Å². The summed E-state index contributed by atoms with van der Waals surface area (Å²) in [6.07, 6.45) is 2.86. The molecule has 0 radical (unpaired) electrons. The highest BCUT2D eigenvalue weighted by Crippen LogP contribution is 2.22. The smallest absolute Gasteiger partial charge is 0.191 e. The minimum Gasteiger partial charge on any atom is -0.383 e. The van der Waals surface area contributed by atoms with Crippen LogP contribution in [-0.4, -0.2) is 21.5 Å². The van der Waals surface area contributed by atoms with Crippen LogP contribution in [-0.2, 0) is 5.75 Å². The molecule has 2 heterocycles. The lowest BCUT2D eigenvalue weighted by molar-refractivity contribution is 0.967. The van der Waals surface area contributed by atoms with Crippen molar-refractivity contribution < 1.29 is 0 Å². The monoisotopic (exact) mass is 290 g/mol. The molecule has 0 atom stereocenters. The predicted octanol–water partition coefficient (Wildman–Crippen LogP) is 2.15. The lowest BCUT2D eigenvalue weighted by Gasteiger charge is -2.06. The largest absolute Gasteiger partial charge is 0.383 e. The third-order valence-corrected chi connectivity index (χ3v) is 3.41. The first-order valence-electron chi connectivity index (χ1n) is 6.39. The van der Waals surface area contributed by atoms with Gasteiger partial charge in [-0.15, -0.1) is 0 Å². The minimum absolute atomic E-state index is 0.389. The first-order valence-corrected chi connectivity index (χ1v) is 7.37. The summed E-state index contributed by atoms with van der Waals surface area (Å²) in [5, 5.41) is 3.85. The van der Waals surface area contributed by atoms with Crippen LogP contribution in [0.25, 0.3) is 0 Å². The quantitative estimate of drug-likeness (QED) is 0.553. The molecular formula is C13H18N6S. The minimum atomic E-state index is 0.389. The van der Waals surface area contributed by atoms with Crippen LogP contribution in [0.4, 0.5) is 17.5 Å². The van der Waals surface area contributed by atoms with Gasteiger partial charge in [-0.3, -0.25) is 0 Å². The van der Waals surface area contributed by atoms with Crippen LogP contribution >= 0.6 is 11.8 Å². The molecule has 106 valence electrons. The first kappa shape index (κ1) is 14.4. The summed E-state index contributed by atoms with van der Waals surface area (Å²) in [6.45, 7) is 3.03. The van der Waals surface area contributed by atoms with Crippen molar-refractivity contribution in [3.8, 4) is 0 Å². The zero-order valence-corrected chi connectivity index (χ0v) is 12.2. The number of nitrogens with one attached hydrogen (secondary N) is 1. The van der Waals surface area contributed by atoms with Gasteiger partial charge in [0.2, 0.25) is 0 Å². The van der Waals surface area contributed by atoms with Gasteiger partial charge in [-0.2, -0.15) is 0 Å². The summed E-state index contributed by atoms with van der Waals surface area (Å²) in [4.78, 5) is 12.5. The zero-order valence-electron chi connectivity index (χ0n) is 11.3. The molecule has 0 aliphatic heterocycles. The average molecular weight is 290 g/mol. The molecule has 6 nitrogen and oxygen atoms in total. The SMILES string of the molecule is CCCNc1cc(CSc2nc(N)cc(N)n2)ccn1. The van der Waals surface area contributed by atoms with E-state index in [4.69, 9.17) is 11.5 Å². The summed E-state index contributed by atoms with van der Waals surface area (Å²) in [5.41, 5.74) is 12.4. The first-order chi connectivity index (χ1) is 9.67. The fourth-order valence-electron chi connectivity index (χ4n) is 1.59. The molecule has 0 spiro atoms. The van der Waals surface area contributed by atoms with Crippen LogP contribution in [0.2, 0.25) is 0 Å². The average Bonchev–Trinajstić information content (AvgIpc) is 2.42. The van der Waals surface area contributed by atoms with Crippen molar-refractivity contribution in [2.45, 2.75) is 24.3 Å². The highest BCUT2D eigenvalue weighted by molar-refractivity contribution is 7.98. The number of hydrogen-bond acceptors (Lipinski definition) is 7. The van der Waals surface area contributed by atoms with Crippen molar-refractivity contribution >= 4 is 29.2 Å². The van der Waals surface area contributed by atoms with E-state index in [2.05, 4.69) is 27.2 Å². The number of pyridine rings is 1. The maximum absolute atomic E-state index is 5.64. The lowest BCUT2D eigenvalue weighted by atomic mass is 10.3. The molecule has 2 aromatic rings. The Labute approximate surface area is 122 Å². The number of hydrogen-bond donors (Lipinski definition) is 3. The van der Waals surface area contributed by atoms with E-state index in [-0.39, 0.29) is 0 Å². The molecule has 20 heavy (non-hydrogen) atoms. The van der Waals surface area contributed by atoms with Gasteiger partial charge in [0.15, 0.2) is 5.16 Å². The Morgan fingerprint density at radius 3 is 2.65 bits per heavy atom. The third-order valence-electron chi connectivity index (χ3n) is 2.49. The maximum atomic E-state index is 5.64. The summed E-state index contributed by atoms with van der Waals surface area (Å²) in [5.74, 6) is 2.41. The van der Waals surface area contributed by atoms with Gasteiger partial charge in [-0.1, -0.05) is 18.7 Å². The fourth-order valence-corrected chi connectivity index (χ4v) is 2.40. The topological polar surface area (TPSA) is 103 Å². The van der Waals surface area contributed by atoms with E-state index in [1.807, 2.05) is 12.1 Å². The van der Waals surface area contributed by atoms with Gasteiger partial charge in [-0.05, 0) is 24.1 Å². The standard InChI is InChI=1S/C13H18N6S/c1-2-4-16-12-6-9(3-5-17-12)8-20-13-18-10(14)7-11(15)19-13/h3,5-7H,2,4,8H2,1H3,(H,16,17)(H4,14,15,18,19). The molecule has 0 amide bonds. The van der Waals surface area contributed by atoms with E-state index in [1.54, 1.807) is 12.3 Å². The summed E-state index contributed by atoms with van der Waals surface area (Å²) in [7, 11) is 0.